The topological polar surface area (TPSA) is 113 Å². The van der Waals surface area contributed by atoms with Crippen LogP contribution in [-0.4, -0.2) is 67.7 Å². The number of nitrogens with one attached hydrogen (secondary N) is 1. The highest BCUT2D eigenvalue weighted by molar-refractivity contribution is 7.89. The van der Waals surface area contributed by atoms with E-state index in [-0.39, 0.29) is 36.1 Å². The van der Waals surface area contributed by atoms with Crippen molar-refractivity contribution in [1.29, 1.82) is 0 Å². The molecule has 1 unspecified atom stereocenters. The highest BCUT2D eigenvalue weighted by Gasteiger charge is 2.42. The number of piperidine rings is 2. The van der Waals surface area contributed by atoms with Gasteiger partial charge in [0.2, 0.25) is 21.8 Å². The van der Waals surface area contributed by atoms with E-state index < -0.39 is 22.0 Å². The van der Waals surface area contributed by atoms with Crippen molar-refractivity contribution in [2.75, 3.05) is 26.3 Å². The third kappa shape index (κ3) is 4.11. The number of hydrogen-bond acceptors (Lipinski definition) is 6. The fourth-order valence-corrected chi connectivity index (χ4v) is 6.24. The first-order valence-corrected chi connectivity index (χ1v) is 12.1. The number of amides is 3. The van der Waals surface area contributed by atoms with Crippen molar-refractivity contribution >= 4 is 27.7 Å². The number of fused-ring (bicyclic) bond motifs is 1. The number of benzene rings is 1. The average molecular weight is 450 g/mol. The van der Waals surface area contributed by atoms with Crippen LogP contribution >= 0.6 is 0 Å². The van der Waals surface area contributed by atoms with Gasteiger partial charge in [-0.2, -0.15) is 4.31 Å². The van der Waals surface area contributed by atoms with Gasteiger partial charge < -0.3 is 9.64 Å². The van der Waals surface area contributed by atoms with Crippen LogP contribution in [-0.2, 0) is 30.9 Å². The SMILES string of the molecule is CCOCC1CCN(S(=O)(=O)c2cccc3c2CN(C2CCC(=O)NC2=O)C3=O)CC1. The van der Waals surface area contributed by atoms with E-state index in [9.17, 15) is 22.8 Å². The lowest BCUT2D eigenvalue weighted by Crippen LogP contribution is -2.52. The van der Waals surface area contributed by atoms with Gasteiger partial charge in [0.1, 0.15) is 6.04 Å². The molecule has 3 amide bonds. The van der Waals surface area contributed by atoms with Crippen LogP contribution in [0.2, 0.25) is 0 Å². The molecule has 1 aromatic carbocycles. The van der Waals surface area contributed by atoms with E-state index in [1.807, 2.05) is 6.92 Å². The summed E-state index contributed by atoms with van der Waals surface area (Å²) in [6.45, 7) is 4.08. The molecule has 2 saturated heterocycles. The Morgan fingerprint density at radius 1 is 1.13 bits per heavy atom. The fraction of sp³-hybridized carbons (Fsp3) is 0.571. The summed E-state index contributed by atoms with van der Waals surface area (Å²) >= 11 is 0. The highest BCUT2D eigenvalue weighted by atomic mass is 32.2. The Kier molecular flexibility index (Phi) is 6.14. The maximum absolute atomic E-state index is 13.4. The van der Waals surface area contributed by atoms with Crippen LogP contribution in [0.5, 0.6) is 0 Å². The molecule has 2 fully saturated rings. The van der Waals surface area contributed by atoms with Crippen molar-refractivity contribution in [1.82, 2.24) is 14.5 Å². The van der Waals surface area contributed by atoms with E-state index in [4.69, 9.17) is 4.74 Å². The molecule has 0 aliphatic carbocycles. The Bertz CT molecular complexity index is 1000. The molecular weight excluding hydrogens is 422 g/mol. The van der Waals surface area contributed by atoms with Crippen molar-refractivity contribution in [2.45, 2.75) is 50.1 Å². The van der Waals surface area contributed by atoms with E-state index in [0.29, 0.717) is 43.3 Å². The van der Waals surface area contributed by atoms with Crippen molar-refractivity contribution in [3.63, 3.8) is 0 Å². The number of sulfonamides is 1. The van der Waals surface area contributed by atoms with Crippen LogP contribution in [0, 0.1) is 5.92 Å². The van der Waals surface area contributed by atoms with Gasteiger partial charge in [0.25, 0.3) is 5.91 Å². The lowest BCUT2D eigenvalue weighted by molar-refractivity contribution is -0.136. The summed E-state index contributed by atoms with van der Waals surface area (Å²) in [6.07, 6.45) is 1.85. The summed E-state index contributed by atoms with van der Waals surface area (Å²) in [5.74, 6) is -0.908. The minimum Gasteiger partial charge on any atom is -0.381 e. The molecule has 0 bridgehead atoms. The highest BCUT2D eigenvalue weighted by Crippen LogP contribution is 2.34. The zero-order chi connectivity index (χ0) is 22.2. The Labute approximate surface area is 181 Å². The molecule has 1 N–H and O–H groups in total. The van der Waals surface area contributed by atoms with E-state index in [1.165, 1.54) is 15.3 Å². The number of hydrogen-bond donors (Lipinski definition) is 1. The fourth-order valence-electron chi connectivity index (χ4n) is 4.54. The summed E-state index contributed by atoms with van der Waals surface area (Å²) in [5.41, 5.74) is 0.727. The van der Waals surface area contributed by atoms with E-state index in [2.05, 4.69) is 5.32 Å². The Morgan fingerprint density at radius 3 is 2.55 bits per heavy atom. The number of carbonyl (C=O) groups is 3. The summed E-state index contributed by atoms with van der Waals surface area (Å²) < 4.78 is 33.8. The van der Waals surface area contributed by atoms with Crippen LogP contribution < -0.4 is 5.32 Å². The second-order valence-electron chi connectivity index (χ2n) is 8.19. The minimum atomic E-state index is -3.77. The van der Waals surface area contributed by atoms with Gasteiger partial charge >= 0.3 is 0 Å². The summed E-state index contributed by atoms with van der Waals surface area (Å²) in [4.78, 5) is 38.2. The number of nitrogens with zero attached hydrogens (tertiary/aromatic N) is 2. The van der Waals surface area contributed by atoms with E-state index in [1.54, 1.807) is 12.1 Å². The van der Waals surface area contributed by atoms with Crippen molar-refractivity contribution < 1.29 is 27.5 Å². The standard InChI is InChI=1S/C21H27N3O6S/c1-2-30-13-14-8-10-23(11-9-14)31(28,29)18-5-3-4-15-16(18)12-24(21(15)27)17-6-7-19(25)22-20(17)26/h3-5,14,17H,2,6-13H2,1H3,(H,22,25,26). The first-order chi connectivity index (χ1) is 14.8. The van der Waals surface area contributed by atoms with Crippen LogP contribution in [0.1, 0.15) is 48.5 Å². The number of carbonyl (C=O) groups excluding carboxylic acids is 3. The maximum atomic E-state index is 13.4. The molecule has 0 spiro atoms. The quantitative estimate of drug-likeness (QED) is 0.645. The zero-order valence-corrected chi connectivity index (χ0v) is 18.3. The van der Waals surface area contributed by atoms with Gasteiger partial charge in [-0.05, 0) is 44.2 Å². The van der Waals surface area contributed by atoms with Crippen molar-refractivity contribution in [3.8, 4) is 0 Å². The molecule has 10 heteroatoms. The number of ether oxygens (including phenoxy) is 1. The van der Waals surface area contributed by atoms with Gasteiger partial charge in [0.05, 0.1) is 4.90 Å². The minimum absolute atomic E-state index is 0.0383. The molecule has 1 aromatic rings. The van der Waals surface area contributed by atoms with Gasteiger partial charge in [-0.15, -0.1) is 0 Å². The zero-order valence-electron chi connectivity index (χ0n) is 17.5. The van der Waals surface area contributed by atoms with Crippen molar-refractivity contribution in [3.05, 3.63) is 29.3 Å². The molecule has 0 aromatic heterocycles. The maximum Gasteiger partial charge on any atom is 0.255 e. The van der Waals surface area contributed by atoms with Gasteiger partial charge in [-0.25, -0.2) is 8.42 Å². The van der Waals surface area contributed by atoms with Crippen LogP contribution in [0.15, 0.2) is 23.1 Å². The van der Waals surface area contributed by atoms with Crippen LogP contribution in [0.4, 0.5) is 0 Å². The third-order valence-corrected chi connectivity index (χ3v) is 8.27. The lowest BCUT2D eigenvalue weighted by atomic mass is 9.99. The monoisotopic (exact) mass is 449 g/mol. The Morgan fingerprint density at radius 2 is 1.87 bits per heavy atom. The molecule has 4 rings (SSSR count). The number of rotatable bonds is 6. The predicted molar refractivity (Wildman–Crippen MR) is 110 cm³/mol. The normalized spacial score (nSPS) is 23.2. The molecule has 1 atom stereocenters. The van der Waals surface area contributed by atoms with E-state index in [0.717, 1.165) is 12.8 Å². The molecular formula is C21H27N3O6S. The van der Waals surface area contributed by atoms with Crippen molar-refractivity contribution in [2.24, 2.45) is 5.92 Å². The summed E-state index contributed by atoms with van der Waals surface area (Å²) in [6, 6.07) is 3.92. The third-order valence-electron chi connectivity index (χ3n) is 6.29. The summed E-state index contributed by atoms with van der Waals surface area (Å²) in [7, 11) is -3.77. The molecule has 0 saturated carbocycles. The first kappa shape index (κ1) is 21.9. The molecule has 9 nitrogen and oxygen atoms in total. The molecule has 3 aliphatic heterocycles. The smallest absolute Gasteiger partial charge is 0.255 e. The Hall–Kier alpha value is -2.30. The van der Waals surface area contributed by atoms with Gasteiger partial charge in [0.15, 0.2) is 0 Å². The second-order valence-corrected chi connectivity index (χ2v) is 10.1. The first-order valence-electron chi connectivity index (χ1n) is 10.7. The van der Waals surface area contributed by atoms with Gasteiger partial charge in [-0.3, -0.25) is 19.7 Å². The van der Waals surface area contributed by atoms with E-state index >= 15 is 0 Å². The lowest BCUT2D eigenvalue weighted by Gasteiger charge is -2.31. The van der Waals surface area contributed by atoms with Crippen LogP contribution in [0.3, 0.4) is 0 Å². The summed E-state index contributed by atoms with van der Waals surface area (Å²) in [5, 5.41) is 2.26. The largest absolute Gasteiger partial charge is 0.381 e. The molecule has 3 aliphatic rings. The van der Waals surface area contributed by atoms with Gasteiger partial charge in [-0.1, -0.05) is 6.07 Å². The molecule has 3 heterocycles. The van der Waals surface area contributed by atoms with Crippen LogP contribution in [0.25, 0.3) is 0 Å². The second kappa shape index (κ2) is 8.68. The number of imide groups is 1. The Balaban J connectivity index is 1.55. The molecule has 31 heavy (non-hydrogen) atoms. The molecule has 0 radical (unpaired) electrons. The van der Waals surface area contributed by atoms with Gasteiger partial charge in [0, 0.05) is 50.4 Å². The average Bonchev–Trinajstić information content (AvgIpc) is 3.09. The predicted octanol–water partition coefficient (Wildman–Crippen LogP) is 0.885. The molecule has 168 valence electrons.